The van der Waals surface area contributed by atoms with Crippen molar-refractivity contribution in [2.45, 2.75) is 40.7 Å². The predicted molar refractivity (Wildman–Crippen MR) is 107 cm³/mol. The molecule has 3 aromatic rings. The Bertz CT molecular complexity index is 927. The standard InChI is InChI=1S/C22H27N3O2/c1-5-19-21(25-13-16(4)6-11-20(25)24-19)22(26)23-12-17-7-9-18(10-8-17)27-14-15(2)3/h6-11,13,15H,5,12,14H2,1-4H3,(H,23,26). The zero-order valence-electron chi connectivity index (χ0n) is 16.5. The van der Waals surface area contributed by atoms with Crippen molar-refractivity contribution in [3.63, 3.8) is 0 Å². The van der Waals surface area contributed by atoms with Crippen LogP contribution in [-0.2, 0) is 13.0 Å². The molecule has 5 heteroatoms. The van der Waals surface area contributed by atoms with E-state index in [-0.39, 0.29) is 5.91 Å². The van der Waals surface area contributed by atoms with E-state index in [2.05, 4.69) is 24.1 Å². The number of amides is 1. The van der Waals surface area contributed by atoms with Gasteiger partial charge in [-0.25, -0.2) is 4.98 Å². The fourth-order valence-corrected chi connectivity index (χ4v) is 2.92. The van der Waals surface area contributed by atoms with Crippen molar-refractivity contribution < 1.29 is 9.53 Å². The summed E-state index contributed by atoms with van der Waals surface area (Å²) in [5.74, 6) is 1.24. The number of ether oxygens (including phenoxy) is 1. The number of imidazole rings is 1. The molecule has 5 nitrogen and oxygen atoms in total. The second-order valence-corrected chi connectivity index (χ2v) is 7.23. The number of aromatic nitrogens is 2. The van der Waals surface area contributed by atoms with Crippen LogP contribution in [0.4, 0.5) is 0 Å². The number of nitrogens with zero attached hydrogens (tertiary/aromatic N) is 2. The van der Waals surface area contributed by atoms with Crippen LogP contribution >= 0.6 is 0 Å². The lowest BCUT2D eigenvalue weighted by molar-refractivity contribution is 0.0944. The average molecular weight is 365 g/mol. The first-order valence-electron chi connectivity index (χ1n) is 9.45. The number of fused-ring (bicyclic) bond motifs is 1. The van der Waals surface area contributed by atoms with Crippen LogP contribution in [-0.4, -0.2) is 21.9 Å². The summed E-state index contributed by atoms with van der Waals surface area (Å²) in [6.45, 7) is 9.43. The van der Waals surface area contributed by atoms with Gasteiger partial charge >= 0.3 is 0 Å². The minimum absolute atomic E-state index is 0.106. The fourth-order valence-electron chi connectivity index (χ4n) is 2.92. The van der Waals surface area contributed by atoms with E-state index in [4.69, 9.17) is 4.74 Å². The van der Waals surface area contributed by atoms with Gasteiger partial charge in [0.15, 0.2) is 0 Å². The Kier molecular flexibility index (Phi) is 5.79. The molecule has 0 aliphatic carbocycles. The number of carbonyl (C=O) groups excluding carboxylic acids is 1. The highest BCUT2D eigenvalue weighted by atomic mass is 16.5. The molecule has 2 aromatic heterocycles. The zero-order valence-corrected chi connectivity index (χ0v) is 16.5. The summed E-state index contributed by atoms with van der Waals surface area (Å²) in [4.78, 5) is 17.4. The second-order valence-electron chi connectivity index (χ2n) is 7.23. The summed E-state index contributed by atoms with van der Waals surface area (Å²) < 4.78 is 7.58. The molecule has 0 aliphatic heterocycles. The lowest BCUT2D eigenvalue weighted by atomic mass is 10.2. The fraction of sp³-hybridized carbons (Fsp3) is 0.364. The summed E-state index contributed by atoms with van der Waals surface area (Å²) in [5, 5.41) is 3.02. The molecule has 0 radical (unpaired) electrons. The van der Waals surface area contributed by atoms with E-state index in [0.29, 0.717) is 31.2 Å². The van der Waals surface area contributed by atoms with E-state index in [1.165, 1.54) is 0 Å². The maximum absolute atomic E-state index is 12.8. The van der Waals surface area contributed by atoms with Crippen LogP contribution < -0.4 is 10.1 Å². The molecule has 0 saturated carbocycles. The number of hydrogen-bond acceptors (Lipinski definition) is 3. The van der Waals surface area contributed by atoms with Crippen molar-refractivity contribution in [3.05, 3.63) is 65.1 Å². The Morgan fingerprint density at radius 2 is 1.93 bits per heavy atom. The van der Waals surface area contributed by atoms with Gasteiger partial charge in [0, 0.05) is 12.7 Å². The molecule has 27 heavy (non-hydrogen) atoms. The Morgan fingerprint density at radius 3 is 2.59 bits per heavy atom. The van der Waals surface area contributed by atoms with Gasteiger partial charge in [-0.05, 0) is 48.6 Å². The van der Waals surface area contributed by atoms with Gasteiger partial charge in [0.25, 0.3) is 5.91 Å². The van der Waals surface area contributed by atoms with Crippen LogP contribution in [0.1, 0.15) is 48.1 Å². The van der Waals surface area contributed by atoms with Crippen molar-refractivity contribution in [2.75, 3.05) is 6.61 Å². The minimum atomic E-state index is -0.106. The Morgan fingerprint density at radius 1 is 1.19 bits per heavy atom. The van der Waals surface area contributed by atoms with E-state index in [0.717, 1.165) is 28.2 Å². The molecule has 2 heterocycles. The largest absolute Gasteiger partial charge is 0.493 e. The van der Waals surface area contributed by atoms with E-state index < -0.39 is 0 Å². The molecule has 3 rings (SSSR count). The van der Waals surface area contributed by atoms with Crippen molar-refractivity contribution in [3.8, 4) is 5.75 Å². The lowest BCUT2D eigenvalue weighted by Gasteiger charge is -2.10. The van der Waals surface area contributed by atoms with Crippen molar-refractivity contribution >= 4 is 11.6 Å². The van der Waals surface area contributed by atoms with Gasteiger partial charge in [-0.15, -0.1) is 0 Å². The zero-order chi connectivity index (χ0) is 19.4. The number of aryl methyl sites for hydroxylation is 2. The number of hydrogen-bond donors (Lipinski definition) is 1. The van der Waals surface area contributed by atoms with Crippen LogP contribution in [0.5, 0.6) is 5.75 Å². The SMILES string of the molecule is CCc1nc2ccc(C)cn2c1C(=O)NCc1ccc(OCC(C)C)cc1. The molecule has 0 fully saturated rings. The molecule has 0 spiro atoms. The van der Waals surface area contributed by atoms with E-state index in [9.17, 15) is 4.79 Å². The normalized spacial score (nSPS) is 11.1. The van der Waals surface area contributed by atoms with Crippen molar-refractivity contribution in [2.24, 2.45) is 5.92 Å². The van der Waals surface area contributed by atoms with Crippen LogP contribution in [0.2, 0.25) is 0 Å². The summed E-state index contributed by atoms with van der Waals surface area (Å²) >= 11 is 0. The topological polar surface area (TPSA) is 55.6 Å². The molecule has 0 aliphatic rings. The van der Waals surface area contributed by atoms with Gasteiger partial charge in [0.2, 0.25) is 0 Å². The van der Waals surface area contributed by atoms with Gasteiger partial charge in [-0.2, -0.15) is 0 Å². The molecule has 0 atom stereocenters. The summed E-state index contributed by atoms with van der Waals surface area (Å²) in [6, 6.07) is 11.8. The molecule has 1 N–H and O–H groups in total. The van der Waals surface area contributed by atoms with Crippen molar-refractivity contribution in [1.82, 2.24) is 14.7 Å². The Balaban J connectivity index is 1.71. The molecule has 0 unspecified atom stereocenters. The summed E-state index contributed by atoms with van der Waals surface area (Å²) in [5.41, 5.74) is 4.36. The smallest absolute Gasteiger partial charge is 0.270 e. The highest BCUT2D eigenvalue weighted by molar-refractivity contribution is 5.94. The quantitative estimate of drug-likeness (QED) is 0.684. The van der Waals surface area contributed by atoms with E-state index in [1.807, 2.05) is 60.8 Å². The number of pyridine rings is 1. The van der Waals surface area contributed by atoms with Crippen LogP contribution in [0.15, 0.2) is 42.6 Å². The molecule has 142 valence electrons. The summed E-state index contributed by atoms with van der Waals surface area (Å²) in [6.07, 6.45) is 2.67. The van der Waals surface area contributed by atoms with Gasteiger partial charge < -0.3 is 10.1 Å². The first-order valence-corrected chi connectivity index (χ1v) is 9.45. The van der Waals surface area contributed by atoms with E-state index >= 15 is 0 Å². The first-order chi connectivity index (χ1) is 13.0. The second kappa shape index (κ2) is 8.25. The third kappa shape index (κ3) is 4.48. The van der Waals surface area contributed by atoms with Crippen LogP contribution in [0.25, 0.3) is 5.65 Å². The molecule has 1 amide bonds. The van der Waals surface area contributed by atoms with Crippen molar-refractivity contribution in [1.29, 1.82) is 0 Å². The predicted octanol–water partition coefficient (Wildman–Crippen LogP) is 4.17. The molecule has 1 aromatic carbocycles. The Hall–Kier alpha value is -2.82. The van der Waals surface area contributed by atoms with Gasteiger partial charge in [0.05, 0.1) is 12.3 Å². The van der Waals surface area contributed by atoms with Gasteiger partial charge in [-0.1, -0.05) is 39.0 Å². The highest BCUT2D eigenvalue weighted by Crippen LogP contribution is 2.16. The molecular weight excluding hydrogens is 338 g/mol. The monoisotopic (exact) mass is 365 g/mol. The highest BCUT2D eigenvalue weighted by Gasteiger charge is 2.18. The first kappa shape index (κ1) is 19.0. The minimum Gasteiger partial charge on any atom is -0.493 e. The Labute approximate surface area is 160 Å². The number of benzene rings is 1. The maximum atomic E-state index is 12.8. The number of rotatable bonds is 7. The number of nitrogens with one attached hydrogen (secondary N) is 1. The van der Waals surface area contributed by atoms with Crippen LogP contribution in [0.3, 0.4) is 0 Å². The molecule has 0 bridgehead atoms. The molecular formula is C22H27N3O2. The third-order valence-corrected chi connectivity index (χ3v) is 4.35. The summed E-state index contributed by atoms with van der Waals surface area (Å²) in [7, 11) is 0. The average Bonchev–Trinajstić information content (AvgIpc) is 3.03. The maximum Gasteiger partial charge on any atom is 0.270 e. The van der Waals surface area contributed by atoms with Gasteiger partial charge in [-0.3, -0.25) is 9.20 Å². The lowest BCUT2D eigenvalue weighted by Crippen LogP contribution is -2.25. The van der Waals surface area contributed by atoms with Gasteiger partial charge in [0.1, 0.15) is 17.1 Å². The third-order valence-electron chi connectivity index (χ3n) is 4.35. The van der Waals surface area contributed by atoms with E-state index in [1.54, 1.807) is 0 Å². The number of carbonyl (C=O) groups is 1. The van der Waals surface area contributed by atoms with Crippen LogP contribution in [0, 0.1) is 12.8 Å². The molecule has 0 saturated heterocycles.